The fraction of sp³-hybridized carbons (Fsp3) is 0.500. The van der Waals surface area contributed by atoms with E-state index >= 15 is 0 Å². The molecule has 0 fully saturated rings. The van der Waals surface area contributed by atoms with Crippen molar-refractivity contribution in [2.24, 2.45) is 11.7 Å². The summed E-state index contributed by atoms with van der Waals surface area (Å²) >= 11 is 0. The predicted molar refractivity (Wildman–Crippen MR) is 78.7 cm³/mol. The van der Waals surface area contributed by atoms with Gasteiger partial charge in [-0.25, -0.2) is 8.42 Å². The molecule has 5 nitrogen and oxygen atoms in total. The third-order valence-electron chi connectivity index (χ3n) is 2.85. The highest BCUT2D eigenvalue weighted by atomic mass is 32.2. The third kappa shape index (κ3) is 4.05. The maximum absolute atomic E-state index is 12.7. The molecule has 0 bridgehead atoms. The molecule has 2 N–H and O–H groups in total. The van der Waals surface area contributed by atoms with Gasteiger partial charge in [0, 0.05) is 6.54 Å². The molecule has 0 aliphatic heterocycles. The molecule has 1 amide bonds. The summed E-state index contributed by atoms with van der Waals surface area (Å²) in [7, 11) is -3.71. The van der Waals surface area contributed by atoms with Gasteiger partial charge in [-0.1, -0.05) is 31.5 Å². The molecular weight excluding hydrogens is 276 g/mol. The number of nitrogens with two attached hydrogens (primary N) is 1. The van der Waals surface area contributed by atoms with Crippen molar-refractivity contribution >= 4 is 15.9 Å². The van der Waals surface area contributed by atoms with Crippen LogP contribution in [0.4, 0.5) is 0 Å². The number of rotatable bonds is 6. The molecule has 20 heavy (non-hydrogen) atoms. The zero-order chi connectivity index (χ0) is 15.5. The zero-order valence-electron chi connectivity index (χ0n) is 12.4. The summed E-state index contributed by atoms with van der Waals surface area (Å²) < 4.78 is 26.5. The monoisotopic (exact) mass is 298 g/mol. The van der Waals surface area contributed by atoms with Crippen molar-refractivity contribution in [2.75, 3.05) is 13.1 Å². The Kier molecular flexibility index (Phi) is 5.30. The lowest BCUT2D eigenvalue weighted by molar-refractivity contribution is -0.118. The van der Waals surface area contributed by atoms with E-state index in [4.69, 9.17) is 5.73 Å². The number of carbonyl (C=O) groups excluding carboxylic acids is 1. The lowest BCUT2D eigenvalue weighted by Gasteiger charge is -2.23. The van der Waals surface area contributed by atoms with E-state index < -0.39 is 15.9 Å². The number of nitrogens with zero attached hydrogens (tertiary/aromatic N) is 1. The molecule has 0 radical (unpaired) electrons. The summed E-state index contributed by atoms with van der Waals surface area (Å²) in [5.74, 6) is -0.547. The Balaban J connectivity index is 3.24. The van der Waals surface area contributed by atoms with Crippen molar-refractivity contribution in [3.8, 4) is 0 Å². The smallest absolute Gasteiger partial charge is 0.243 e. The van der Waals surface area contributed by atoms with Crippen LogP contribution >= 0.6 is 0 Å². The van der Waals surface area contributed by atoms with Gasteiger partial charge in [0.2, 0.25) is 15.9 Å². The number of benzene rings is 1. The van der Waals surface area contributed by atoms with Crippen LogP contribution in [0, 0.1) is 19.8 Å². The van der Waals surface area contributed by atoms with Gasteiger partial charge in [-0.3, -0.25) is 4.79 Å². The molecule has 0 saturated heterocycles. The first-order valence-corrected chi connectivity index (χ1v) is 7.94. The van der Waals surface area contributed by atoms with E-state index in [1.807, 2.05) is 26.8 Å². The highest BCUT2D eigenvalue weighted by Crippen LogP contribution is 2.21. The maximum Gasteiger partial charge on any atom is 0.243 e. The second kappa shape index (κ2) is 6.37. The van der Waals surface area contributed by atoms with E-state index in [0.717, 1.165) is 9.87 Å². The Morgan fingerprint density at radius 1 is 1.30 bits per heavy atom. The van der Waals surface area contributed by atoms with Crippen LogP contribution in [0.15, 0.2) is 23.1 Å². The summed E-state index contributed by atoms with van der Waals surface area (Å²) in [4.78, 5) is 11.4. The lowest BCUT2D eigenvalue weighted by atomic mass is 10.2. The van der Waals surface area contributed by atoms with E-state index in [9.17, 15) is 13.2 Å². The molecule has 0 unspecified atom stereocenters. The number of amides is 1. The molecule has 0 heterocycles. The van der Waals surface area contributed by atoms with Crippen molar-refractivity contribution in [1.29, 1.82) is 0 Å². The molecule has 0 aliphatic rings. The van der Waals surface area contributed by atoms with Crippen LogP contribution in [0.5, 0.6) is 0 Å². The normalized spacial score (nSPS) is 12.1. The number of carbonyl (C=O) groups is 1. The van der Waals surface area contributed by atoms with Crippen molar-refractivity contribution in [2.45, 2.75) is 32.6 Å². The van der Waals surface area contributed by atoms with Crippen LogP contribution in [-0.2, 0) is 14.8 Å². The van der Waals surface area contributed by atoms with Crippen molar-refractivity contribution in [1.82, 2.24) is 4.31 Å². The van der Waals surface area contributed by atoms with E-state index in [-0.39, 0.29) is 23.9 Å². The summed E-state index contributed by atoms with van der Waals surface area (Å²) in [6.45, 7) is 7.40. The molecule has 6 heteroatoms. The first-order chi connectivity index (χ1) is 9.14. The van der Waals surface area contributed by atoms with Gasteiger partial charge in [0.05, 0.1) is 11.4 Å². The minimum Gasteiger partial charge on any atom is -0.369 e. The Hall–Kier alpha value is -1.40. The van der Waals surface area contributed by atoms with Crippen molar-refractivity contribution in [3.63, 3.8) is 0 Å². The highest BCUT2D eigenvalue weighted by molar-refractivity contribution is 7.89. The molecule has 1 rings (SSSR count). The number of hydrogen-bond acceptors (Lipinski definition) is 3. The van der Waals surface area contributed by atoms with Crippen LogP contribution in [-0.4, -0.2) is 31.7 Å². The SMILES string of the molecule is Cc1ccc(S(=O)(=O)N(CC(N)=O)CC(C)C)c(C)c1. The van der Waals surface area contributed by atoms with E-state index in [1.54, 1.807) is 19.1 Å². The van der Waals surface area contributed by atoms with E-state index in [2.05, 4.69) is 0 Å². The average Bonchev–Trinajstić information content (AvgIpc) is 2.26. The summed E-state index contributed by atoms with van der Waals surface area (Å²) in [6, 6.07) is 5.14. The van der Waals surface area contributed by atoms with Crippen molar-refractivity contribution < 1.29 is 13.2 Å². The minimum absolute atomic E-state index is 0.106. The van der Waals surface area contributed by atoms with Crippen LogP contribution in [0.2, 0.25) is 0 Å². The summed E-state index contributed by atoms with van der Waals surface area (Å²) in [5, 5.41) is 0. The van der Waals surface area contributed by atoms with Gasteiger partial charge in [-0.15, -0.1) is 0 Å². The number of hydrogen-bond donors (Lipinski definition) is 1. The van der Waals surface area contributed by atoms with E-state index in [0.29, 0.717) is 5.56 Å². The topological polar surface area (TPSA) is 80.5 Å². The number of primary amides is 1. The van der Waals surface area contributed by atoms with Crippen LogP contribution in [0.3, 0.4) is 0 Å². The maximum atomic E-state index is 12.7. The minimum atomic E-state index is -3.71. The first kappa shape index (κ1) is 16.7. The van der Waals surface area contributed by atoms with Gasteiger partial charge in [0.25, 0.3) is 0 Å². The third-order valence-corrected chi connectivity index (χ3v) is 4.82. The van der Waals surface area contributed by atoms with Crippen LogP contribution in [0.25, 0.3) is 0 Å². The van der Waals surface area contributed by atoms with Gasteiger partial charge in [0.1, 0.15) is 0 Å². The molecule has 1 aromatic rings. The highest BCUT2D eigenvalue weighted by Gasteiger charge is 2.27. The van der Waals surface area contributed by atoms with Gasteiger partial charge < -0.3 is 5.73 Å². The Labute approximate surface area is 120 Å². The van der Waals surface area contributed by atoms with Crippen LogP contribution in [0.1, 0.15) is 25.0 Å². The van der Waals surface area contributed by atoms with Crippen LogP contribution < -0.4 is 5.73 Å². The molecule has 0 aromatic heterocycles. The lowest BCUT2D eigenvalue weighted by Crippen LogP contribution is -2.40. The Morgan fingerprint density at radius 2 is 1.90 bits per heavy atom. The second-order valence-electron chi connectivity index (χ2n) is 5.43. The molecule has 0 saturated carbocycles. The fourth-order valence-electron chi connectivity index (χ4n) is 2.06. The Morgan fingerprint density at radius 3 is 2.35 bits per heavy atom. The molecule has 0 spiro atoms. The van der Waals surface area contributed by atoms with Gasteiger partial charge in [0.15, 0.2) is 0 Å². The largest absolute Gasteiger partial charge is 0.369 e. The van der Waals surface area contributed by atoms with Gasteiger partial charge in [-0.2, -0.15) is 4.31 Å². The number of sulfonamides is 1. The summed E-state index contributed by atoms with van der Waals surface area (Å²) in [6.07, 6.45) is 0. The van der Waals surface area contributed by atoms with Gasteiger partial charge >= 0.3 is 0 Å². The second-order valence-corrected chi connectivity index (χ2v) is 7.33. The molecule has 0 atom stereocenters. The quantitative estimate of drug-likeness (QED) is 0.862. The molecular formula is C14H22N2O3S. The standard InChI is InChI=1S/C14H22N2O3S/c1-10(2)8-16(9-14(15)17)20(18,19)13-6-5-11(3)7-12(13)4/h5-7,10H,8-9H2,1-4H3,(H2,15,17). The predicted octanol–water partition coefficient (Wildman–Crippen LogP) is 1.44. The van der Waals surface area contributed by atoms with Gasteiger partial charge in [-0.05, 0) is 31.4 Å². The molecule has 0 aliphatic carbocycles. The first-order valence-electron chi connectivity index (χ1n) is 6.50. The summed E-state index contributed by atoms with van der Waals surface area (Å²) in [5.41, 5.74) is 6.82. The Bertz CT molecular complexity index is 594. The van der Waals surface area contributed by atoms with E-state index in [1.165, 1.54) is 0 Å². The zero-order valence-corrected chi connectivity index (χ0v) is 13.2. The van der Waals surface area contributed by atoms with Crippen molar-refractivity contribution in [3.05, 3.63) is 29.3 Å². The average molecular weight is 298 g/mol. The molecule has 112 valence electrons. The fourth-order valence-corrected chi connectivity index (χ4v) is 3.83. The number of aryl methyl sites for hydroxylation is 2. The molecule has 1 aromatic carbocycles.